The Labute approximate surface area is 135 Å². The third-order valence-corrected chi connectivity index (χ3v) is 5.26. The highest BCUT2D eigenvalue weighted by molar-refractivity contribution is 9.10. The van der Waals surface area contributed by atoms with Gasteiger partial charge in [-0.05, 0) is 52.9 Å². The SMILES string of the molecule is Cc1nn(C)c(CC(CBr)c2cccc(Cl)c2)c1Br. The number of benzene rings is 1. The van der Waals surface area contributed by atoms with Gasteiger partial charge in [-0.3, -0.25) is 4.68 Å². The minimum atomic E-state index is 0.379. The van der Waals surface area contributed by atoms with Crippen LogP contribution in [-0.2, 0) is 13.5 Å². The zero-order valence-electron chi connectivity index (χ0n) is 10.8. The molecule has 0 N–H and O–H groups in total. The Morgan fingerprint density at radius 3 is 2.68 bits per heavy atom. The largest absolute Gasteiger partial charge is 0.271 e. The van der Waals surface area contributed by atoms with Crippen LogP contribution in [0, 0.1) is 6.92 Å². The molecule has 0 aliphatic carbocycles. The predicted octanol–water partition coefficient (Wildman–Crippen LogP) is 4.87. The summed E-state index contributed by atoms with van der Waals surface area (Å²) in [6.45, 7) is 2.01. The van der Waals surface area contributed by atoms with Crippen molar-refractivity contribution < 1.29 is 0 Å². The third-order valence-electron chi connectivity index (χ3n) is 3.21. The van der Waals surface area contributed by atoms with Gasteiger partial charge in [0, 0.05) is 17.4 Å². The normalized spacial score (nSPS) is 12.7. The Kier molecular flexibility index (Phi) is 5.09. The fourth-order valence-corrected chi connectivity index (χ4v) is 3.46. The Morgan fingerprint density at radius 1 is 1.42 bits per heavy atom. The summed E-state index contributed by atoms with van der Waals surface area (Å²) in [6.07, 6.45) is 0.920. The van der Waals surface area contributed by atoms with Gasteiger partial charge in [0.25, 0.3) is 0 Å². The van der Waals surface area contributed by atoms with Crippen LogP contribution in [0.3, 0.4) is 0 Å². The van der Waals surface area contributed by atoms with Crippen molar-refractivity contribution >= 4 is 43.5 Å². The van der Waals surface area contributed by atoms with Gasteiger partial charge in [-0.15, -0.1) is 0 Å². The molecule has 0 spiro atoms. The van der Waals surface area contributed by atoms with Gasteiger partial charge in [-0.1, -0.05) is 39.7 Å². The van der Waals surface area contributed by atoms with Crippen molar-refractivity contribution in [1.29, 1.82) is 0 Å². The molecule has 2 rings (SSSR count). The fraction of sp³-hybridized carbons (Fsp3) is 0.357. The molecule has 2 aromatic rings. The van der Waals surface area contributed by atoms with Gasteiger partial charge in [0.2, 0.25) is 0 Å². The molecule has 0 saturated heterocycles. The van der Waals surface area contributed by atoms with Gasteiger partial charge in [0.05, 0.1) is 15.9 Å². The average molecular weight is 407 g/mol. The van der Waals surface area contributed by atoms with Crippen LogP contribution in [0.15, 0.2) is 28.7 Å². The van der Waals surface area contributed by atoms with Crippen LogP contribution in [0.5, 0.6) is 0 Å². The van der Waals surface area contributed by atoms with Crippen LogP contribution in [0.2, 0.25) is 5.02 Å². The number of halogens is 3. The lowest BCUT2D eigenvalue weighted by Crippen LogP contribution is -2.08. The number of rotatable bonds is 4. The lowest BCUT2D eigenvalue weighted by Gasteiger charge is -2.15. The molecule has 19 heavy (non-hydrogen) atoms. The van der Waals surface area contributed by atoms with Gasteiger partial charge in [0.15, 0.2) is 0 Å². The molecule has 0 aliphatic heterocycles. The van der Waals surface area contributed by atoms with Crippen LogP contribution in [-0.4, -0.2) is 15.1 Å². The fourth-order valence-electron chi connectivity index (χ4n) is 2.16. The number of hydrogen-bond donors (Lipinski definition) is 0. The smallest absolute Gasteiger partial charge is 0.0738 e. The van der Waals surface area contributed by atoms with Crippen LogP contribution in [0.1, 0.15) is 22.9 Å². The van der Waals surface area contributed by atoms with Crippen molar-refractivity contribution in [3.8, 4) is 0 Å². The standard InChI is InChI=1S/C14H15Br2ClN2/c1-9-14(16)13(19(2)18-9)7-11(8-15)10-4-3-5-12(17)6-10/h3-6,11H,7-8H2,1-2H3. The lowest BCUT2D eigenvalue weighted by molar-refractivity contribution is 0.659. The number of hydrogen-bond acceptors (Lipinski definition) is 1. The summed E-state index contributed by atoms with van der Waals surface area (Å²) in [6, 6.07) is 8.05. The molecule has 0 fully saturated rings. The van der Waals surface area contributed by atoms with Crippen molar-refractivity contribution in [1.82, 2.24) is 9.78 Å². The lowest BCUT2D eigenvalue weighted by atomic mass is 9.96. The van der Waals surface area contributed by atoms with Gasteiger partial charge in [0.1, 0.15) is 0 Å². The summed E-state index contributed by atoms with van der Waals surface area (Å²) < 4.78 is 3.04. The molecular formula is C14H15Br2ClN2. The van der Waals surface area contributed by atoms with E-state index in [-0.39, 0.29) is 0 Å². The van der Waals surface area contributed by atoms with Gasteiger partial charge in [-0.2, -0.15) is 5.10 Å². The van der Waals surface area contributed by atoms with Crippen molar-refractivity contribution in [2.45, 2.75) is 19.3 Å². The first-order chi connectivity index (χ1) is 9.02. The molecule has 1 heterocycles. The monoisotopic (exact) mass is 404 g/mol. The molecule has 5 heteroatoms. The first kappa shape index (κ1) is 15.1. The molecule has 2 nitrogen and oxygen atoms in total. The minimum absolute atomic E-state index is 0.379. The first-order valence-corrected chi connectivity index (χ1v) is 8.31. The van der Waals surface area contributed by atoms with Crippen molar-refractivity contribution in [2.24, 2.45) is 7.05 Å². The number of alkyl halides is 1. The summed E-state index contributed by atoms with van der Waals surface area (Å²) in [5.74, 6) is 0.379. The topological polar surface area (TPSA) is 17.8 Å². The van der Waals surface area contributed by atoms with Gasteiger partial charge >= 0.3 is 0 Å². The average Bonchev–Trinajstić information content (AvgIpc) is 2.61. The maximum Gasteiger partial charge on any atom is 0.0738 e. The van der Waals surface area contributed by atoms with E-state index in [0.717, 1.165) is 26.9 Å². The second-order valence-corrected chi connectivity index (χ2v) is 6.46. The van der Waals surface area contributed by atoms with Crippen LogP contribution < -0.4 is 0 Å². The van der Waals surface area contributed by atoms with E-state index in [1.54, 1.807) is 0 Å². The van der Waals surface area contributed by atoms with Gasteiger partial charge in [-0.25, -0.2) is 0 Å². The Bertz CT molecular complexity index is 581. The summed E-state index contributed by atoms with van der Waals surface area (Å²) in [7, 11) is 1.98. The highest BCUT2D eigenvalue weighted by Gasteiger charge is 2.17. The summed E-state index contributed by atoms with van der Waals surface area (Å²) in [4.78, 5) is 0. The predicted molar refractivity (Wildman–Crippen MR) is 87.3 cm³/mol. The highest BCUT2D eigenvalue weighted by Crippen LogP contribution is 2.29. The van der Waals surface area contributed by atoms with E-state index >= 15 is 0 Å². The van der Waals surface area contributed by atoms with E-state index < -0.39 is 0 Å². The van der Waals surface area contributed by atoms with Crippen LogP contribution in [0.4, 0.5) is 0 Å². The Morgan fingerprint density at radius 2 is 2.16 bits per heavy atom. The second kappa shape index (κ2) is 6.42. The molecule has 0 radical (unpaired) electrons. The molecule has 0 aliphatic rings. The van der Waals surface area contributed by atoms with Crippen molar-refractivity contribution in [2.75, 3.05) is 5.33 Å². The molecule has 1 aromatic heterocycles. The first-order valence-electron chi connectivity index (χ1n) is 6.02. The maximum atomic E-state index is 6.07. The molecular weight excluding hydrogens is 391 g/mol. The van der Waals surface area contributed by atoms with Crippen LogP contribution in [0.25, 0.3) is 0 Å². The molecule has 0 saturated carbocycles. The molecule has 0 bridgehead atoms. The highest BCUT2D eigenvalue weighted by atomic mass is 79.9. The number of aryl methyl sites for hydroxylation is 2. The van der Waals surface area contributed by atoms with Crippen molar-refractivity contribution in [3.05, 3.63) is 50.7 Å². The summed E-state index contributed by atoms with van der Waals surface area (Å²) >= 11 is 13.3. The summed E-state index contributed by atoms with van der Waals surface area (Å²) in [5.41, 5.74) is 3.48. The molecule has 1 aromatic carbocycles. The molecule has 1 atom stereocenters. The second-order valence-electron chi connectivity index (χ2n) is 4.58. The molecule has 0 amide bonds. The van der Waals surface area contributed by atoms with E-state index in [1.807, 2.05) is 36.9 Å². The van der Waals surface area contributed by atoms with E-state index in [2.05, 4.69) is 43.0 Å². The zero-order chi connectivity index (χ0) is 14.0. The van der Waals surface area contributed by atoms with E-state index in [0.29, 0.717) is 5.92 Å². The van der Waals surface area contributed by atoms with E-state index in [1.165, 1.54) is 11.3 Å². The molecule has 1 unspecified atom stereocenters. The van der Waals surface area contributed by atoms with Crippen molar-refractivity contribution in [3.63, 3.8) is 0 Å². The zero-order valence-corrected chi connectivity index (χ0v) is 14.8. The van der Waals surface area contributed by atoms with E-state index in [4.69, 9.17) is 11.6 Å². The van der Waals surface area contributed by atoms with E-state index in [9.17, 15) is 0 Å². The number of aromatic nitrogens is 2. The number of nitrogens with zero attached hydrogens (tertiary/aromatic N) is 2. The Hall–Kier alpha value is -0.320. The minimum Gasteiger partial charge on any atom is -0.271 e. The maximum absolute atomic E-state index is 6.07. The quantitative estimate of drug-likeness (QED) is 0.663. The van der Waals surface area contributed by atoms with Gasteiger partial charge < -0.3 is 0 Å². The third kappa shape index (κ3) is 3.41. The molecule has 102 valence electrons. The summed E-state index contributed by atoms with van der Waals surface area (Å²) in [5, 5.41) is 6.11. The Balaban J connectivity index is 2.29. The van der Waals surface area contributed by atoms with Crippen LogP contribution >= 0.6 is 43.5 Å².